The van der Waals surface area contributed by atoms with Crippen LogP contribution in [0.3, 0.4) is 0 Å². The lowest BCUT2D eigenvalue weighted by Gasteiger charge is -2.24. The molecule has 0 fully saturated rings. The molecule has 0 radical (unpaired) electrons. The third-order valence-corrected chi connectivity index (χ3v) is 6.35. The van der Waals surface area contributed by atoms with E-state index >= 15 is 0 Å². The molecule has 0 atom stereocenters. The first kappa shape index (κ1) is 20.1. The molecule has 0 spiro atoms. The Morgan fingerprint density at radius 2 is 0.967 bits per heavy atom. The summed E-state index contributed by atoms with van der Waals surface area (Å²) >= 11 is 3.38. The van der Waals surface area contributed by atoms with Crippen LogP contribution < -0.4 is 10.6 Å². The highest BCUT2D eigenvalue weighted by Gasteiger charge is 2.14. The second-order valence-electron chi connectivity index (χ2n) is 6.55. The number of anilines is 2. The van der Waals surface area contributed by atoms with Crippen molar-refractivity contribution in [2.45, 2.75) is 19.6 Å². The topological polar surface area (TPSA) is 53.1 Å². The van der Waals surface area contributed by atoms with Crippen molar-refractivity contribution in [3.05, 3.63) is 109 Å². The minimum atomic E-state index is -0.0151. The maximum Gasteiger partial charge on any atom is 0.197 e. The zero-order valence-corrected chi connectivity index (χ0v) is 17.9. The standard InChI is InChI=1S/C25H21N3S2/c26-25(27)28(19-9-7-15-23(17-19)29-21-11-3-1-4-12-21)20-10-8-16-24(18-20)30-22-13-5-2-6-14-22/h1-18H,(H3,26,27). The van der Waals surface area contributed by atoms with Gasteiger partial charge in [0.25, 0.3) is 0 Å². The summed E-state index contributed by atoms with van der Waals surface area (Å²) in [6, 6.07) is 36.7. The van der Waals surface area contributed by atoms with Crippen LogP contribution in [0.15, 0.2) is 129 Å². The van der Waals surface area contributed by atoms with Gasteiger partial charge in [-0.05, 0) is 60.7 Å². The first-order chi connectivity index (χ1) is 14.7. The molecule has 0 aromatic heterocycles. The highest BCUT2D eigenvalue weighted by Crippen LogP contribution is 2.35. The Balaban J connectivity index is 1.62. The van der Waals surface area contributed by atoms with E-state index in [1.807, 2.05) is 60.7 Å². The van der Waals surface area contributed by atoms with Crippen molar-refractivity contribution in [1.82, 2.24) is 0 Å². The molecule has 0 saturated carbocycles. The van der Waals surface area contributed by atoms with E-state index in [1.54, 1.807) is 28.4 Å². The Labute approximate surface area is 185 Å². The van der Waals surface area contributed by atoms with E-state index in [-0.39, 0.29) is 5.96 Å². The van der Waals surface area contributed by atoms with Crippen LogP contribution in [-0.4, -0.2) is 5.96 Å². The zero-order valence-electron chi connectivity index (χ0n) is 16.2. The monoisotopic (exact) mass is 427 g/mol. The van der Waals surface area contributed by atoms with Gasteiger partial charge in [0.2, 0.25) is 0 Å². The van der Waals surface area contributed by atoms with Crippen LogP contribution in [0.5, 0.6) is 0 Å². The van der Waals surface area contributed by atoms with Crippen LogP contribution in [0.1, 0.15) is 0 Å². The molecule has 0 heterocycles. The molecule has 4 rings (SSSR count). The van der Waals surface area contributed by atoms with Crippen molar-refractivity contribution in [2.24, 2.45) is 5.73 Å². The second kappa shape index (κ2) is 9.57. The van der Waals surface area contributed by atoms with Crippen LogP contribution in [0.4, 0.5) is 11.4 Å². The molecule has 3 nitrogen and oxygen atoms in total. The lowest BCUT2D eigenvalue weighted by Crippen LogP contribution is -2.32. The fraction of sp³-hybridized carbons (Fsp3) is 0. The summed E-state index contributed by atoms with van der Waals surface area (Å²) in [7, 11) is 0. The Morgan fingerprint density at radius 3 is 1.37 bits per heavy atom. The first-order valence-electron chi connectivity index (χ1n) is 9.49. The summed E-state index contributed by atoms with van der Waals surface area (Å²) in [5.74, 6) is -0.0151. The Kier molecular flexibility index (Phi) is 6.42. The van der Waals surface area contributed by atoms with Gasteiger partial charge < -0.3 is 5.73 Å². The fourth-order valence-electron chi connectivity index (χ4n) is 3.05. The van der Waals surface area contributed by atoms with Crippen molar-refractivity contribution in [2.75, 3.05) is 4.90 Å². The summed E-state index contributed by atoms with van der Waals surface area (Å²) in [5, 5.41) is 8.20. The van der Waals surface area contributed by atoms with Gasteiger partial charge in [-0.2, -0.15) is 0 Å². The van der Waals surface area contributed by atoms with E-state index in [1.165, 1.54) is 9.79 Å². The van der Waals surface area contributed by atoms with Crippen LogP contribution in [0.2, 0.25) is 0 Å². The van der Waals surface area contributed by atoms with Crippen LogP contribution in [0, 0.1) is 5.41 Å². The third-order valence-electron chi connectivity index (χ3n) is 4.35. The molecule has 0 unspecified atom stereocenters. The van der Waals surface area contributed by atoms with Crippen molar-refractivity contribution < 1.29 is 0 Å². The predicted molar refractivity (Wildman–Crippen MR) is 128 cm³/mol. The largest absolute Gasteiger partial charge is 0.369 e. The van der Waals surface area contributed by atoms with Gasteiger partial charge in [0, 0.05) is 19.6 Å². The zero-order chi connectivity index (χ0) is 20.8. The molecule has 0 saturated heterocycles. The number of guanidine groups is 1. The molecule has 0 aliphatic heterocycles. The predicted octanol–water partition coefficient (Wildman–Crippen LogP) is 7.02. The van der Waals surface area contributed by atoms with Gasteiger partial charge in [0.1, 0.15) is 0 Å². The fourth-order valence-corrected chi connectivity index (χ4v) is 4.83. The van der Waals surface area contributed by atoms with E-state index in [4.69, 9.17) is 11.1 Å². The first-order valence-corrected chi connectivity index (χ1v) is 11.1. The van der Waals surface area contributed by atoms with Crippen molar-refractivity contribution in [3.8, 4) is 0 Å². The van der Waals surface area contributed by atoms with Gasteiger partial charge in [-0.25, -0.2) is 0 Å². The normalized spacial score (nSPS) is 10.5. The van der Waals surface area contributed by atoms with Gasteiger partial charge in [0.15, 0.2) is 5.96 Å². The summed E-state index contributed by atoms with van der Waals surface area (Å²) < 4.78 is 0. The molecular formula is C25H21N3S2. The van der Waals surface area contributed by atoms with Crippen molar-refractivity contribution in [3.63, 3.8) is 0 Å². The van der Waals surface area contributed by atoms with Gasteiger partial charge in [0.05, 0.1) is 11.4 Å². The minimum Gasteiger partial charge on any atom is -0.369 e. The molecule has 0 aliphatic carbocycles. The summed E-state index contributed by atoms with van der Waals surface area (Å²) in [6.45, 7) is 0. The lowest BCUT2D eigenvalue weighted by atomic mass is 10.2. The van der Waals surface area contributed by atoms with E-state index in [0.717, 1.165) is 21.2 Å². The third kappa shape index (κ3) is 5.06. The maximum atomic E-state index is 8.20. The highest BCUT2D eigenvalue weighted by atomic mass is 32.2. The number of rotatable bonds is 6. The lowest BCUT2D eigenvalue weighted by molar-refractivity contribution is 1.23. The van der Waals surface area contributed by atoms with E-state index < -0.39 is 0 Å². The van der Waals surface area contributed by atoms with Crippen LogP contribution >= 0.6 is 23.5 Å². The van der Waals surface area contributed by atoms with E-state index in [9.17, 15) is 0 Å². The number of nitrogens with one attached hydrogen (secondary N) is 1. The molecule has 4 aromatic rings. The summed E-state index contributed by atoms with van der Waals surface area (Å²) in [6.07, 6.45) is 0. The molecule has 0 amide bonds. The molecule has 0 bridgehead atoms. The highest BCUT2D eigenvalue weighted by molar-refractivity contribution is 7.99. The molecule has 4 aromatic carbocycles. The molecule has 3 N–H and O–H groups in total. The molecular weight excluding hydrogens is 406 g/mol. The van der Waals surface area contributed by atoms with Crippen LogP contribution in [-0.2, 0) is 0 Å². The Hall–Kier alpha value is -3.15. The number of hydrogen-bond acceptors (Lipinski definition) is 3. The quantitative estimate of drug-likeness (QED) is 0.256. The van der Waals surface area contributed by atoms with Crippen molar-refractivity contribution >= 4 is 40.9 Å². The number of nitrogens with zero attached hydrogens (tertiary/aromatic N) is 1. The van der Waals surface area contributed by atoms with E-state index in [2.05, 4.69) is 48.5 Å². The summed E-state index contributed by atoms with van der Waals surface area (Å²) in [4.78, 5) is 6.31. The Bertz CT molecular complexity index is 1050. The SMILES string of the molecule is N=C(N)N(c1cccc(Sc2ccccc2)c1)c1cccc(Sc2ccccc2)c1. The Morgan fingerprint density at radius 1 is 0.567 bits per heavy atom. The van der Waals surface area contributed by atoms with Crippen molar-refractivity contribution in [1.29, 1.82) is 5.41 Å². The maximum absolute atomic E-state index is 8.20. The number of benzene rings is 4. The molecule has 30 heavy (non-hydrogen) atoms. The van der Waals surface area contributed by atoms with E-state index in [0.29, 0.717) is 0 Å². The number of hydrogen-bond donors (Lipinski definition) is 2. The smallest absolute Gasteiger partial charge is 0.197 e. The molecule has 5 heteroatoms. The van der Waals surface area contributed by atoms with Gasteiger partial charge in [-0.1, -0.05) is 72.1 Å². The molecule has 148 valence electrons. The minimum absolute atomic E-state index is 0.0151. The average Bonchev–Trinajstić information content (AvgIpc) is 2.76. The van der Waals surface area contributed by atoms with Gasteiger partial charge in [-0.3, -0.25) is 10.3 Å². The average molecular weight is 428 g/mol. The van der Waals surface area contributed by atoms with Gasteiger partial charge >= 0.3 is 0 Å². The number of nitrogens with two attached hydrogens (primary N) is 1. The van der Waals surface area contributed by atoms with Crippen LogP contribution in [0.25, 0.3) is 0 Å². The van der Waals surface area contributed by atoms with Gasteiger partial charge in [-0.15, -0.1) is 0 Å². The second-order valence-corrected chi connectivity index (χ2v) is 8.84. The summed E-state index contributed by atoms with van der Waals surface area (Å²) in [5.41, 5.74) is 7.73. The molecule has 0 aliphatic rings.